The number of ether oxygens (including phenoxy) is 2. The van der Waals surface area contributed by atoms with E-state index < -0.39 is 0 Å². The fourth-order valence-corrected chi connectivity index (χ4v) is 3.76. The molecule has 0 saturated carbocycles. The lowest BCUT2D eigenvalue weighted by molar-refractivity contribution is 0.0893. The molecule has 2 aliphatic rings. The minimum atomic E-state index is 0. The molecule has 2 atom stereocenters. The summed E-state index contributed by atoms with van der Waals surface area (Å²) in [7, 11) is 0. The minimum absolute atomic E-state index is 0. The van der Waals surface area contributed by atoms with Crippen LogP contribution in [0.2, 0.25) is 5.02 Å². The summed E-state index contributed by atoms with van der Waals surface area (Å²) in [5.41, 5.74) is 0. The predicted octanol–water partition coefficient (Wildman–Crippen LogP) is 2.93. The molecule has 2 N–H and O–H groups in total. The van der Waals surface area contributed by atoms with Crippen molar-refractivity contribution in [1.29, 1.82) is 0 Å². The van der Waals surface area contributed by atoms with Crippen LogP contribution in [0.5, 0.6) is 0 Å². The van der Waals surface area contributed by atoms with Crippen molar-refractivity contribution in [1.82, 2.24) is 15.6 Å². The van der Waals surface area contributed by atoms with Crippen molar-refractivity contribution in [3.8, 4) is 0 Å². The maximum Gasteiger partial charge on any atom is 0.191 e. The highest BCUT2D eigenvalue weighted by Crippen LogP contribution is 2.25. The van der Waals surface area contributed by atoms with E-state index in [0.717, 1.165) is 83.6 Å². The molecule has 0 spiro atoms. The van der Waals surface area contributed by atoms with Crippen LogP contribution in [0.3, 0.4) is 0 Å². The van der Waals surface area contributed by atoms with Crippen LogP contribution in [-0.4, -0.2) is 69.6 Å². The van der Waals surface area contributed by atoms with E-state index in [4.69, 9.17) is 26.1 Å². The summed E-state index contributed by atoms with van der Waals surface area (Å²) >= 11 is 6.28. The van der Waals surface area contributed by atoms with Crippen LogP contribution in [0.25, 0.3) is 0 Å². The van der Waals surface area contributed by atoms with Crippen LogP contribution in [0.4, 0.5) is 5.82 Å². The van der Waals surface area contributed by atoms with Crippen LogP contribution >= 0.6 is 35.6 Å². The number of hydrogen-bond acceptors (Lipinski definition) is 5. The van der Waals surface area contributed by atoms with Crippen molar-refractivity contribution in [2.45, 2.75) is 32.2 Å². The third kappa shape index (κ3) is 8.07. The highest BCUT2D eigenvalue weighted by atomic mass is 127. The Balaban J connectivity index is 0.00000300. The normalized spacial score (nSPS) is 21.9. The van der Waals surface area contributed by atoms with Gasteiger partial charge in [-0.05, 0) is 38.3 Å². The highest BCUT2D eigenvalue weighted by Gasteiger charge is 2.25. The summed E-state index contributed by atoms with van der Waals surface area (Å²) in [5, 5.41) is 7.57. The molecular weight excluding hydrogens is 505 g/mol. The summed E-state index contributed by atoms with van der Waals surface area (Å²) in [6.07, 6.45) is 4.86. The second-order valence-corrected chi connectivity index (χ2v) is 7.71. The molecule has 3 heterocycles. The van der Waals surface area contributed by atoms with Gasteiger partial charge in [0.1, 0.15) is 5.82 Å². The van der Waals surface area contributed by atoms with Crippen molar-refractivity contribution in [2.24, 2.45) is 10.9 Å². The summed E-state index contributed by atoms with van der Waals surface area (Å²) < 4.78 is 11.1. The fraction of sp³-hybridized carbons (Fsp3) is 0.700. The minimum Gasteiger partial charge on any atom is -0.381 e. The van der Waals surface area contributed by atoms with E-state index in [1.165, 1.54) is 0 Å². The number of aliphatic imine (C=N–C) groups is 1. The number of pyridine rings is 1. The van der Waals surface area contributed by atoms with Crippen molar-refractivity contribution < 1.29 is 9.47 Å². The highest BCUT2D eigenvalue weighted by molar-refractivity contribution is 14.0. The molecule has 1 aromatic heterocycles. The maximum absolute atomic E-state index is 6.28. The zero-order chi connectivity index (χ0) is 19.6. The van der Waals surface area contributed by atoms with Gasteiger partial charge in [-0.15, -0.1) is 24.0 Å². The summed E-state index contributed by atoms with van der Waals surface area (Å²) in [6.45, 7) is 8.74. The number of halogens is 2. The number of hydrogen-bond donors (Lipinski definition) is 2. The fourth-order valence-electron chi connectivity index (χ4n) is 3.52. The van der Waals surface area contributed by atoms with Gasteiger partial charge in [0.25, 0.3) is 0 Å². The van der Waals surface area contributed by atoms with Gasteiger partial charge >= 0.3 is 0 Å². The van der Waals surface area contributed by atoms with Crippen molar-refractivity contribution >= 4 is 47.4 Å². The third-order valence-corrected chi connectivity index (χ3v) is 5.30. The average molecular weight is 538 g/mol. The molecule has 0 amide bonds. The number of guanidine groups is 1. The number of aromatic nitrogens is 1. The van der Waals surface area contributed by atoms with Crippen LogP contribution < -0.4 is 15.5 Å². The van der Waals surface area contributed by atoms with Crippen LogP contribution in [0, 0.1) is 5.92 Å². The van der Waals surface area contributed by atoms with Gasteiger partial charge < -0.3 is 25.0 Å². The van der Waals surface area contributed by atoms with Gasteiger partial charge in [0.05, 0.1) is 18.2 Å². The molecule has 9 heteroatoms. The first-order valence-electron chi connectivity index (χ1n) is 10.3. The van der Waals surface area contributed by atoms with E-state index in [1.807, 2.05) is 12.1 Å². The second kappa shape index (κ2) is 13.5. The number of nitrogens with zero attached hydrogens (tertiary/aromatic N) is 3. The Morgan fingerprint density at radius 2 is 2.34 bits per heavy atom. The number of nitrogens with one attached hydrogen (secondary N) is 2. The van der Waals surface area contributed by atoms with Gasteiger partial charge in [-0.1, -0.05) is 11.6 Å². The Kier molecular flexibility index (Phi) is 11.3. The molecule has 2 aliphatic heterocycles. The van der Waals surface area contributed by atoms with E-state index in [-0.39, 0.29) is 24.0 Å². The first-order valence-corrected chi connectivity index (χ1v) is 10.7. The zero-order valence-corrected chi connectivity index (χ0v) is 20.2. The quantitative estimate of drug-likeness (QED) is 0.218. The molecule has 0 bridgehead atoms. The predicted molar refractivity (Wildman–Crippen MR) is 129 cm³/mol. The summed E-state index contributed by atoms with van der Waals surface area (Å²) in [4.78, 5) is 11.3. The third-order valence-electron chi connectivity index (χ3n) is 5.01. The molecule has 0 radical (unpaired) electrons. The van der Waals surface area contributed by atoms with E-state index >= 15 is 0 Å². The lowest BCUT2D eigenvalue weighted by Crippen LogP contribution is -2.44. The van der Waals surface area contributed by atoms with Gasteiger partial charge in [-0.2, -0.15) is 0 Å². The van der Waals surface area contributed by atoms with Crippen molar-refractivity contribution in [2.75, 3.05) is 57.5 Å². The lowest BCUT2D eigenvalue weighted by Gasteiger charge is -2.20. The summed E-state index contributed by atoms with van der Waals surface area (Å²) in [6, 6.07) is 4.08. The van der Waals surface area contributed by atoms with Gasteiger partial charge in [0, 0.05) is 57.5 Å². The Bertz CT molecular complexity index is 631. The smallest absolute Gasteiger partial charge is 0.191 e. The molecule has 0 aliphatic carbocycles. The Hall–Kier alpha value is -0.840. The first kappa shape index (κ1) is 24.4. The lowest BCUT2D eigenvalue weighted by atomic mass is 10.1. The standard InChI is InChI=1S/C20H32ClN5O2.HI/c1-2-22-20(24-9-4-11-27-14-16-7-12-28-15-16)25-17-6-10-26(13-17)19-18(21)5-3-8-23-19;/h3,5,8,16-17H,2,4,6-7,9-15H2,1H3,(H2,22,24,25);1H. The number of anilines is 1. The number of rotatable bonds is 9. The molecule has 1 aromatic rings. The summed E-state index contributed by atoms with van der Waals surface area (Å²) in [5.74, 6) is 2.30. The molecule has 2 fully saturated rings. The molecule has 3 rings (SSSR count). The largest absolute Gasteiger partial charge is 0.381 e. The Labute approximate surface area is 196 Å². The van der Waals surface area contributed by atoms with Gasteiger partial charge in [-0.25, -0.2) is 4.98 Å². The van der Waals surface area contributed by atoms with Crippen molar-refractivity contribution in [3.63, 3.8) is 0 Å². The SMILES string of the molecule is CCNC(=NCCCOCC1CCOC1)NC1CCN(c2ncccc2Cl)C1.I. The Morgan fingerprint density at radius 3 is 3.10 bits per heavy atom. The van der Waals surface area contributed by atoms with Crippen LogP contribution in [0.1, 0.15) is 26.2 Å². The van der Waals surface area contributed by atoms with E-state index in [0.29, 0.717) is 17.0 Å². The topological polar surface area (TPSA) is 71.0 Å². The van der Waals surface area contributed by atoms with E-state index in [2.05, 4.69) is 27.4 Å². The molecule has 164 valence electrons. The van der Waals surface area contributed by atoms with Crippen molar-refractivity contribution in [3.05, 3.63) is 23.4 Å². The molecule has 2 unspecified atom stereocenters. The van der Waals surface area contributed by atoms with Crippen LogP contribution in [0.15, 0.2) is 23.3 Å². The van der Waals surface area contributed by atoms with Gasteiger partial charge in [-0.3, -0.25) is 4.99 Å². The van der Waals surface area contributed by atoms with E-state index in [1.54, 1.807) is 6.20 Å². The zero-order valence-electron chi connectivity index (χ0n) is 17.1. The average Bonchev–Trinajstić information content (AvgIpc) is 3.37. The van der Waals surface area contributed by atoms with Crippen LogP contribution in [-0.2, 0) is 9.47 Å². The molecule has 0 aromatic carbocycles. The molecule has 7 nitrogen and oxygen atoms in total. The maximum atomic E-state index is 6.28. The molecule has 29 heavy (non-hydrogen) atoms. The van der Waals surface area contributed by atoms with Gasteiger partial charge in [0.15, 0.2) is 5.96 Å². The molecular formula is C20H33ClIN5O2. The van der Waals surface area contributed by atoms with Gasteiger partial charge in [0.2, 0.25) is 0 Å². The molecule has 2 saturated heterocycles. The Morgan fingerprint density at radius 1 is 1.45 bits per heavy atom. The first-order chi connectivity index (χ1) is 13.8. The second-order valence-electron chi connectivity index (χ2n) is 7.30. The monoisotopic (exact) mass is 537 g/mol. The van der Waals surface area contributed by atoms with E-state index in [9.17, 15) is 0 Å².